The first kappa shape index (κ1) is 19.5. The average molecular weight is 393 g/mol. The Balaban J connectivity index is 1.35. The Morgan fingerprint density at radius 2 is 1.76 bits per heavy atom. The van der Waals surface area contributed by atoms with Crippen LogP contribution in [0.25, 0.3) is 0 Å². The van der Waals surface area contributed by atoms with Crippen LogP contribution in [0.1, 0.15) is 27.9 Å². The van der Waals surface area contributed by atoms with Gasteiger partial charge in [-0.25, -0.2) is 0 Å². The molecule has 6 nitrogen and oxygen atoms in total. The molecule has 0 aromatic heterocycles. The number of hydrogen-bond acceptors (Lipinski definition) is 4. The summed E-state index contributed by atoms with van der Waals surface area (Å²) in [5.41, 5.74) is 10.4. The van der Waals surface area contributed by atoms with Crippen LogP contribution in [0.4, 0.5) is 11.4 Å². The summed E-state index contributed by atoms with van der Waals surface area (Å²) in [7, 11) is 0. The van der Waals surface area contributed by atoms with Gasteiger partial charge in [-0.2, -0.15) is 0 Å². The minimum atomic E-state index is 0.0192. The van der Waals surface area contributed by atoms with Gasteiger partial charge in [-0.1, -0.05) is 24.3 Å². The number of fused-ring (bicyclic) bond motifs is 1. The molecule has 2 aliphatic heterocycles. The van der Waals surface area contributed by atoms with Gasteiger partial charge in [0.15, 0.2) is 0 Å². The van der Waals surface area contributed by atoms with Crippen LogP contribution in [0.5, 0.6) is 0 Å². The van der Waals surface area contributed by atoms with E-state index in [1.54, 1.807) is 6.07 Å². The van der Waals surface area contributed by atoms with Crippen LogP contribution in [0.15, 0.2) is 42.5 Å². The maximum atomic E-state index is 12.9. The molecule has 6 heteroatoms. The molecule has 2 amide bonds. The van der Waals surface area contributed by atoms with Crippen molar-refractivity contribution in [3.8, 4) is 0 Å². The second kappa shape index (κ2) is 8.25. The number of piperazine rings is 1. The summed E-state index contributed by atoms with van der Waals surface area (Å²) in [5, 5.41) is 0. The predicted molar refractivity (Wildman–Crippen MR) is 115 cm³/mol. The molecule has 2 heterocycles. The molecule has 0 saturated carbocycles. The number of rotatable bonds is 3. The highest BCUT2D eigenvalue weighted by Gasteiger charge is 2.27. The molecular formula is C23H28N4O2. The fourth-order valence-corrected chi connectivity index (χ4v) is 4.22. The zero-order valence-corrected chi connectivity index (χ0v) is 16.9. The summed E-state index contributed by atoms with van der Waals surface area (Å²) in [6.45, 7) is 5.76. The van der Waals surface area contributed by atoms with Crippen LogP contribution in [-0.4, -0.2) is 60.9 Å². The largest absolute Gasteiger partial charge is 0.399 e. The molecule has 2 aromatic rings. The number of aryl methyl sites for hydroxylation is 2. The highest BCUT2D eigenvalue weighted by atomic mass is 16.2. The van der Waals surface area contributed by atoms with E-state index >= 15 is 0 Å². The molecule has 1 fully saturated rings. The lowest BCUT2D eigenvalue weighted by Crippen LogP contribution is -2.52. The summed E-state index contributed by atoms with van der Waals surface area (Å²) >= 11 is 0. The van der Waals surface area contributed by atoms with E-state index in [0.29, 0.717) is 44.0 Å². The van der Waals surface area contributed by atoms with Crippen LogP contribution >= 0.6 is 0 Å². The van der Waals surface area contributed by atoms with E-state index in [4.69, 9.17) is 5.73 Å². The van der Waals surface area contributed by atoms with Crippen molar-refractivity contribution in [1.29, 1.82) is 0 Å². The van der Waals surface area contributed by atoms with E-state index in [1.165, 1.54) is 5.56 Å². The third-order valence-electron chi connectivity index (χ3n) is 5.92. The molecule has 0 radical (unpaired) electrons. The van der Waals surface area contributed by atoms with Crippen molar-refractivity contribution in [2.45, 2.75) is 19.8 Å². The molecule has 0 spiro atoms. The van der Waals surface area contributed by atoms with Crippen molar-refractivity contribution in [2.24, 2.45) is 0 Å². The fraction of sp³-hybridized carbons (Fsp3) is 0.391. The number of carbonyl (C=O) groups excluding carboxylic acids is 2. The van der Waals surface area contributed by atoms with E-state index < -0.39 is 0 Å². The summed E-state index contributed by atoms with van der Waals surface area (Å²) in [6, 6.07) is 13.6. The third kappa shape index (κ3) is 4.12. The molecule has 152 valence electrons. The Hall–Kier alpha value is -2.86. The first-order valence-corrected chi connectivity index (χ1v) is 10.3. The normalized spacial score (nSPS) is 17.1. The lowest BCUT2D eigenvalue weighted by molar-refractivity contribution is -0.120. The number of anilines is 2. The second-order valence-electron chi connectivity index (χ2n) is 7.92. The van der Waals surface area contributed by atoms with Crippen LogP contribution in [0.3, 0.4) is 0 Å². The van der Waals surface area contributed by atoms with E-state index in [2.05, 4.69) is 11.0 Å². The number of hydrogen-bond donors (Lipinski definition) is 1. The topological polar surface area (TPSA) is 69.9 Å². The Morgan fingerprint density at radius 3 is 2.55 bits per heavy atom. The number of nitrogen functional groups attached to an aromatic ring is 1. The van der Waals surface area contributed by atoms with Gasteiger partial charge in [-0.3, -0.25) is 14.5 Å². The smallest absolute Gasteiger partial charge is 0.254 e. The minimum Gasteiger partial charge on any atom is -0.399 e. The van der Waals surface area contributed by atoms with Crippen LogP contribution in [0, 0.1) is 6.92 Å². The molecule has 1 saturated heterocycles. The first-order valence-electron chi connectivity index (χ1n) is 10.3. The van der Waals surface area contributed by atoms with Crippen molar-refractivity contribution in [1.82, 2.24) is 9.80 Å². The number of para-hydroxylation sites is 1. The van der Waals surface area contributed by atoms with Crippen molar-refractivity contribution in [3.05, 3.63) is 59.2 Å². The van der Waals surface area contributed by atoms with E-state index in [1.807, 2.05) is 47.1 Å². The molecule has 0 aliphatic carbocycles. The lowest BCUT2D eigenvalue weighted by atomic mass is 10.0. The van der Waals surface area contributed by atoms with Crippen molar-refractivity contribution >= 4 is 23.2 Å². The number of carbonyl (C=O) groups is 2. The van der Waals surface area contributed by atoms with Gasteiger partial charge >= 0.3 is 0 Å². The SMILES string of the molecule is Cc1ccc(N)cc1C(=O)N1CCN(CC(=O)N2CCCc3ccccc32)CC1. The first-order chi connectivity index (χ1) is 14.0. The van der Waals surface area contributed by atoms with Gasteiger partial charge in [0.25, 0.3) is 5.91 Å². The fourth-order valence-electron chi connectivity index (χ4n) is 4.22. The molecule has 4 rings (SSSR count). The Morgan fingerprint density at radius 1 is 1.00 bits per heavy atom. The average Bonchev–Trinajstić information content (AvgIpc) is 2.75. The van der Waals surface area contributed by atoms with Crippen LogP contribution in [-0.2, 0) is 11.2 Å². The Labute approximate surface area is 171 Å². The molecule has 29 heavy (non-hydrogen) atoms. The van der Waals surface area contributed by atoms with Gasteiger partial charge in [0, 0.05) is 49.7 Å². The van der Waals surface area contributed by atoms with Gasteiger partial charge in [0.1, 0.15) is 0 Å². The molecule has 0 bridgehead atoms. The van der Waals surface area contributed by atoms with Crippen LogP contribution < -0.4 is 10.6 Å². The zero-order chi connectivity index (χ0) is 20.4. The monoisotopic (exact) mass is 392 g/mol. The summed E-state index contributed by atoms with van der Waals surface area (Å²) in [4.78, 5) is 31.7. The Kier molecular flexibility index (Phi) is 5.53. The second-order valence-corrected chi connectivity index (χ2v) is 7.92. The highest BCUT2D eigenvalue weighted by molar-refractivity contribution is 5.97. The maximum Gasteiger partial charge on any atom is 0.254 e. The third-order valence-corrected chi connectivity index (χ3v) is 5.92. The van der Waals surface area contributed by atoms with Gasteiger partial charge < -0.3 is 15.5 Å². The van der Waals surface area contributed by atoms with Crippen LogP contribution in [0.2, 0.25) is 0 Å². The Bertz CT molecular complexity index is 919. The standard InChI is InChI=1S/C23H28N4O2/c1-17-8-9-19(24)15-20(17)23(29)26-13-11-25(12-14-26)16-22(28)27-10-4-6-18-5-2-3-7-21(18)27/h2-3,5,7-9,15H,4,6,10-14,16,24H2,1H3. The summed E-state index contributed by atoms with van der Waals surface area (Å²) < 4.78 is 0. The molecule has 0 atom stereocenters. The molecule has 2 aromatic carbocycles. The van der Waals surface area contributed by atoms with Gasteiger partial charge in [0.2, 0.25) is 5.91 Å². The van der Waals surface area contributed by atoms with Gasteiger partial charge in [-0.15, -0.1) is 0 Å². The van der Waals surface area contributed by atoms with Crippen molar-refractivity contribution in [3.63, 3.8) is 0 Å². The quantitative estimate of drug-likeness (QED) is 0.814. The zero-order valence-electron chi connectivity index (χ0n) is 16.9. The summed E-state index contributed by atoms with van der Waals surface area (Å²) in [6.07, 6.45) is 2.04. The number of nitrogens with zero attached hydrogens (tertiary/aromatic N) is 3. The van der Waals surface area contributed by atoms with Crippen molar-refractivity contribution in [2.75, 3.05) is 49.9 Å². The predicted octanol–water partition coefficient (Wildman–Crippen LogP) is 2.31. The van der Waals surface area contributed by atoms with E-state index in [9.17, 15) is 9.59 Å². The molecule has 0 unspecified atom stereocenters. The van der Waals surface area contributed by atoms with Gasteiger partial charge in [-0.05, 0) is 49.1 Å². The van der Waals surface area contributed by atoms with E-state index in [-0.39, 0.29) is 11.8 Å². The molecule has 2 aliphatic rings. The number of nitrogens with two attached hydrogens (primary N) is 1. The molecule has 2 N–H and O–H groups in total. The number of amides is 2. The summed E-state index contributed by atoms with van der Waals surface area (Å²) in [5.74, 6) is 0.161. The maximum absolute atomic E-state index is 12.9. The number of benzene rings is 2. The minimum absolute atomic E-state index is 0.0192. The van der Waals surface area contributed by atoms with E-state index in [0.717, 1.165) is 30.6 Å². The van der Waals surface area contributed by atoms with Gasteiger partial charge in [0.05, 0.1) is 6.54 Å². The molecular weight excluding hydrogens is 364 g/mol. The lowest BCUT2D eigenvalue weighted by Gasteiger charge is -2.36. The highest BCUT2D eigenvalue weighted by Crippen LogP contribution is 2.27. The van der Waals surface area contributed by atoms with Crippen molar-refractivity contribution < 1.29 is 9.59 Å².